The van der Waals surface area contributed by atoms with E-state index in [4.69, 9.17) is 4.74 Å². The zero-order valence-corrected chi connectivity index (χ0v) is 16.2. The minimum atomic E-state index is -3.66. The molecule has 0 amide bonds. The molecule has 0 radical (unpaired) electrons. The van der Waals surface area contributed by atoms with Gasteiger partial charge in [0.1, 0.15) is 17.3 Å². The molecule has 0 bridgehead atoms. The van der Waals surface area contributed by atoms with Crippen LogP contribution in [0, 0.1) is 0 Å². The number of alkyl halides is 2. The molecule has 122 valence electrons. The number of ether oxygens (including phenoxy) is 1. The molecule has 6 heteroatoms. The van der Waals surface area contributed by atoms with Crippen LogP contribution in [0.3, 0.4) is 0 Å². The topological polar surface area (TPSA) is 43.4 Å². The number of rotatable bonds is 7. The second-order valence-corrected chi connectivity index (χ2v) is 7.94. The molecule has 0 unspecified atom stereocenters. The van der Waals surface area contributed by atoms with E-state index in [0.717, 1.165) is 0 Å². The second kappa shape index (κ2) is 8.66. The van der Waals surface area contributed by atoms with Gasteiger partial charge in [0.15, 0.2) is 0 Å². The highest BCUT2D eigenvalue weighted by Gasteiger charge is 2.23. The average molecular weight is 460 g/mol. The molecular weight excluding hydrogens is 444 g/mol. The minimum absolute atomic E-state index is 0.149. The molecule has 2 aromatic carbocycles. The van der Waals surface area contributed by atoms with Crippen LogP contribution in [0.2, 0.25) is 0 Å². The number of hydrogen-bond acceptors (Lipinski definition) is 3. The fraction of sp³-hybridized carbons (Fsp3) is 0.176. The summed E-state index contributed by atoms with van der Waals surface area (Å²) in [7, 11) is -3.66. The van der Waals surface area contributed by atoms with Crippen molar-refractivity contribution in [1.82, 2.24) is 0 Å². The van der Waals surface area contributed by atoms with Crippen molar-refractivity contribution < 1.29 is 13.2 Å². The second-order valence-electron chi connectivity index (χ2n) is 4.73. The molecule has 0 saturated carbocycles. The maximum atomic E-state index is 13.0. The SMILES string of the molecule is O=S(=O)(/C(=C\OC(CBr)CBr)c1ccccc1)c1ccccc1. The number of halogens is 2. The molecule has 0 spiro atoms. The highest BCUT2D eigenvalue weighted by atomic mass is 79.9. The van der Waals surface area contributed by atoms with Crippen molar-refractivity contribution in [2.75, 3.05) is 10.7 Å². The zero-order valence-electron chi connectivity index (χ0n) is 12.2. The van der Waals surface area contributed by atoms with E-state index in [9.17, 15) is 8.42 Å². The quantitative estimate of drug-likeness (QED) is 0.447. The lowest BCUT2D eigenvalue weighted by atomic mass is 10.2. The molecule has 0 aliphatic rings. The van der Waals surface area contributed by atoms with Gasteiger partial charge in [0.2, 0.25) is 9.84 Å². The van der Waals surface area contributed by atoms with Crippen LogP contribution in [0.4, 0.5) is 0 Å². The molecule has 0 saturated heterocycles. The minimum Gasteiger partial charge on any atom is -0.495 e. The molecule has 0 fully saturated rings. The molecule has 0 atom stereocenters. The van der Waals surface area contributed by atoms with Gasteiger partial charge in [-0.25, -0.2) is 8.42 Å². The van der Waals surface area contributed by atoms with E-state index in [1.807, 2.05) is 6.07 Å². The Kier molecular flexibility index (Phi) is 6.87. The van der Waals surface area contributed by atoms with Gasteiger partial charge in [-0.2, -0.15) is 0 Å². The third kappa shape index (κ3) is 4.68. The van der Waals surface area contributed by atoms with Crippen molar-refractivity contribution in [3.63, 3.8) is 0 Å². The Morgan fingerprint density at radius 3 is 2.00 bits per heavy atom. The summed E-state index contributed by atoms with van der Waals surface area (Å²) in [5, 5.41) is 1.20. The lowest BCUT2D eigenvalue weighted by Crippen LogP contribution is -2.14. The van der Waals surface area contributed by atoms with Gasteiger partial charge < -0.3 is 4.74 Å². The average Bonchev–Trinajstić information content (AvgIpc) is 2.60. The van der Waals surface area contributed by atoms with Crippen LogP contribution >= 0.6 is 31.9 Å². The molecule has 0 aliphatic heterocycles. The van der Waals surface area contributed by atoms with Crippen molar-refractivity contribution in [3.05, 3.63) is 72.5 Å². The molecule has 3 nitrogen and oxygen atoms in total. The van der Waals surface area contributed by atoms with Crippen LogP contribution in [0.5, 0.6) is 0 Å². The molecule has 2 rings (SSSR count). The van der Waals surface area contributed by atoms with E-state index in [1.165, 1.54) is 6.26 Å². The summed E-state index contributed by atoms with van der Waals surface area (Å²) in [6.45, 7) is 0. The summed E-state index contributed by atoms with van der Waals surface area (Å²) in [6, 6.07) is 17.3. The van der Waals surface area contributed by atoms with E-state index < -0.39 is 9.84 Å². The van der Waals surface area contributed by atoms with Crippen molar-refractivity contribution >= 4 is 46.6 Å². The fourth-order valence-corrected chi connectivity index (χ4v) is 4.66. The zero-order chi connectivity index (χ0) is 16.7. The molecule has 0 aromatic heterocycles. The van der Waals surface area contributed by atoms with Crippen LogP contribution in [0.1, 0.15) is 5.56 Å². The maximum absolute atomic E-state index is 13.0. The van der Waals surface area contributed by atoms with Gasteiger partial charge in [-0.15, -0.1) is 0 Å². The largest absolute Gasteiger partial charge is 0.495 e. The van der Waals surface area contributed by atoms with Gasteiger partial charge in [-0.05, 0) is 17.7 Å². The summed E-state index contributed by atoms with van der Waals surface area (Å²) in [5.74, 6) is 0. The first-order chi connectivity index (χ1) is 11.1. The Balaban J connectivity index is 2.48. The Morgan fingerprint density at radius 1 is 0.957 bits per heavy atom. The van der Waals surface area contributed by atoms with Gasteiger partial charge in [0.05, 0.1) is 4.90 Å². The van der Waals surface area contributed by atoms with Crippen molar-refractivity contribution in [1.29, 1.82) is 0 Å². The molecule has 0 heterocycles. The molecule has 0 N–H and O–H groups in total. The Hall–Kier alpha value is -1.11. The van der Waals surface area contributed by atoms with Crippen molar-refractivity contribution in [3.8, 4) is 0 Å². The smallest absolute Gasteiger partial charge is 0.210 e. The van der Waals surface area contributed by atoms with E-state index in [-0.39, 0.29) is 15.9 Å². The van der Waals surface area contributed by atoms with E-state index in [0.29, 0.717) is 16.2 Å². The standard InChI is InChI=1S/C17H16Br2O3S/c18-11-15(12-19)22-13-17(14-7-3-1-4-8-14)23(20,21)16-9-5-2-6-10-16/h1-10,13,15H,11-12H2/b17-13-. The summed E-state index contributed by atoms with van der Waals surface area (Å²) in [4.78, 5) is 0.393. The fourth-order valence-electron chi connectivity index (χ4n) is 1.89. The van der Waals surface area contributed by atoms with Crippen LogP contribution in [-0.2, 0) is 14.6 Å². The third-order valence-corrected chi connectivity index (χ3v) is 6.36. The normalized spacial score (nSPS) is 12.4. The first-order valence-electron chi connectivity index (χ1n) is 6.92. The van der Waals surface area contributed by atoms with Gasteiger partial charge >= 0.3 is 0 Å². The summed E-state index contributed by atoms with van der Waals surface area (Å²) < 4.78 is 31.5. The van der Waals surface area contributed by atoms with Gasteiger partial charge in [0, 0.05) is 10.7 Å². The van der Waals surface area contributed by atoms with Crippen LogP contribution in [0.25, 0.3) is 4.91 Å². The third-order valence-electron chi connectivity index (χ3n) is 3.11. The maximum Gasteiger partial charge on any atom is 0.210 e. The van der Waals surface area contributed by atoms with Gasteiger partial charge in [-0.1, -0.05) is 80.4 Å². The number of hydrogen-bond donors (Lipinski definition) is 0. The first-order valence-corrected chi connectivity index (χ1v) is 10.7. The lowest BCUT2D eigenvalue weighted by molar-refractivity contribution is 0.191. The predicted molar refractivity (Wildman–Crippen MR) is 101 cm³/mol. The molecule has 2 aromatic rings. The van der Waals surface area contributed by atoms with Crippen LogP contribution < -0.4 is 0 Å². The summed E-state index contributed by atoms with van der Waals surface area (Å²) >= 11 is 6.69. The van der Waals surface area contributed by atoms with Crippen LogP contribution in [0.15, 0.2) is 71.8 Å². The Bertz CT molecular complexity index is 740. The Labute approximate surface area is 153 Å². The molecule has 23 heavy (non-hydrogen) atoms. The number of sulfone groups is 1. The van der Waals surface area contributed by atoms with Crippen LogP contribution in [-0.4, -0.2) is 25.2 Å². The number of benzene rings is 2. The van der Waals surface area contributed by atoms with Crippen molar-refractivity contribution in [2.45, 2.75) is 11.0 Å². The molecular formula is C17H16Br2O3S. The lowest BCUT2D eigenvalue weighted by Gasteiger charge is -2.14. The summed E-state index contributed by atoms with van der Waals surface area (Å²) in [6.07, 6.45) is 1.19. The van der Waals surface area contributed by atoms with Gasteiger partial charge in [-0.3, -0.25) is 0 Å². The van der Waals surface area contributed by atoms with Gasteiger partial charge in [0.25, 0.3) is 0 Å². The first kappa shape index (κ1) is 18.2. The molecule has 0 aliphatic carbocycles. The van der Waals surface area contributed by atoms with E-state index >= 15 is 0 Å². The monoisotopic (exact) mass is 458 g/mol. The predicted octanol–water partition coefficient (Wildman–Crippen LogP) is 4.63. The Morgan fingerprint density at radius 2 is 1.48 bits per heavy atom. The van der Waals surface area contributed by atoms with E-state index in [1.54, 1.807) is 54.6 Å². The van der Waals surface area contributed by atoms with Crippen molar-refractivity contribution in [2.24, 2.45) is 0 Å². The highest BCUT2D eigenvalue weighted by molar-refractivity contribution is 9.09. The van der Waals surface area contributed by atoms with E-state index in [2.05, 4.69) is 31.9 Å². The summed E-state index contributed by atoms with van der Waals surface area (Å²) in [5.41, 5.74) is 0.597. The highest BCUT2D eigenvalue weighted by Crippen LogP contribution is 2.28.